The highest BCUT2D eigenvalue weighted by Crippen LogP contribution is 2.33. The van der Waals surface area contributed by atoms with Crippen molar-refractivity contribution in [3.63, 3.8) is 0 Å². The Kier molecular flexibility index (Phi) is 3.14. The van der Waals surface area contributed by atoms with Crippen LogP contribution < -0.4 is 0 Å². The van der Waals surface area contributed by atoms with Gasteiger partial charge in [-0.3, -0.25) is 4.68 Å². The van der Waals surface area contributed by atoms with Gasteiger partial charge in [-0.2, -0.15) is 5.10 Å². The molecule has 5 heteroatoms. The summed E-state index contributed by atoms with van der Waals surface area (Å²) in [5, 5.41) is 13.9. The molecule has 1 N–H and O–H groups in total. The number of rotatable bonds is 3. The third-order valence-electron chi connectivity index (χ3n) is 3.63. The van der Waals surface area contributed by atoms with Crippen LogP contribution in [0.4, 0.5) is 0 Å². The minimum Gasteiger partial charge on any atom is -0.478 e. The van der Waals surface area contributed by atoms with E-state index in [1.165, 1.54) is 17.7 Å². The molecule has 19 heavy (non-hydrogen) atoms. The van der Waals surface area contributed by atoms with Gasteiger partial charge < -0.3 is 5.11 Å². The highest BCUT2D eigenvalue weighted by Gasteiger charge is 2.23. The van der Waals surface area contributed by atoms with Crippen LogP contribution in [-0.4, -0.2) is 20.9 Å². The molecular weight excluding hydrogens is 260 g/mol. The molecule has 2 aromatic rings. The normalized spacial score (nSPS) is 16.1. The molecule has 2 heterocycles. The van der Waals surface area contributed by atoms with E-state index in [0.717, 1.165) is 17.7 Å². The number of aryl methyl sites for hydroxylation is 1. The molecule has 0 aromatic carbocycles. The third kappa shape index (κ3) is 2.30. The third-order valence-corrected chi connectivity index (χ3v) is 4.64. The van der Waals surface area contributed by atoms with Crippen molar-refractivity contribution in [2.75, 3.05) is 0 Å². The summed E-state index contributed by atoms with van der Waals surface area (Å²) in [7, 11) is 0. The Morgan fingerprint density at radius 3 is 2.74 bits per heavy atom. The number of hydrogen-bond donors (Lipinski definition) is 1. The summed E-state index contributed by atoms with van der Waals surface area (Å²) in [6, 6.07) is 4.32. The largest absolute Gasteiger partial charge is 0.478 e. The monoisotopic (exact) mass is 276 g/mol. The minimum absolute atomic E-state index is 0.314. The Balaban J connectivity index is 2.04. The van der Waals surface area contributed by atoms with Gasteiger partial charge >= 0.3 is 5.97 Å². The van der Waals surface area contributed by atoms with Gasteiger partial charge in [0.15, 0.2) is 0 Å². The molecule has 2 aromatic heterocycles. The highest BCUT2D eigenvalue weighted by atomic mass is 32.1. The van der Waals surface area contributed by atoms with Gasteiger partial charge in [-0.15, -0.1) is 11.3 Å². The smallest absolute Gasteiger partial charge is 0.339 e. The van der Waals surface area contributed by atoms with Crippen molar-refractivity contribution >= 4 is 17.3 Å². The Hall–Kier alpha value is -1.62. The van der Waals surface area contributed by atoms with Gasteiger partial charge in [-0.25, -0.2) is 4.79 Å². The van der Waals surface area contributed by atoms with E-state index in [0.29, 0.717) is 17.3 Å². The van der Waals surface area contributed by atoms with Crippen molar-refractivity contribution in [2.24, 2.45) is 0 Å². The van der Waals surface area contributed by atoms with Crippen molar-refractivity contribution < 1.29 is 9.90 Å². The van der Waals surface area contributed by atoms with Crippen LogP contribution >= 0.6 is 11.3 Å². The second-order valence-corrected chi connectivity index (χ2v) is 6.31. The van der Waals surface area contributed by atoms with E-state index < -0.39 is 5.97 Å². The van der Waals surface area contributed by atoms with Crippen molar-refractivity contribution in [1.82, 2.24) is 9.78 Å². The number of carbonyl (C=O) groups is 1. The van der Waals surface area contributed by atoms with Crippen LogP contribution in [0, 0.1) is 6.92 Å². The number of hydrogen-bond acceptors (Lipinski definition) is 3. The first kappa shape index (κ1) is 12.4. The Labute approximate surface area is 115 Å². The number of nitrogens with zero attached hydrogens (tertiary/aromatic N) is 2. The van der Waals surface area contributed by atoms with E-state index in [4.69, 9.17) is 0 Å². The number of thiophene rings is 1. The highest BCUT2D eigenvalue weighted by molar-refractivity contribution is 7.15. The predicted molar refractivity (Wildman–Crippen MR) is 74.7 cm³/mol. The average Bonchev–Trinajstić information content (AvgIpc) is 3.07. The predicted octanol–water partition coefficient (Wildman–Crippen LogP) is 3.73. The summed E-state index contributed by atoms with van der Waals surface area (Å²) in [6.07, 6.45) is 6.32. The molecule has 0 radical (unpaired) electrons. The SMILES string of the molecule is Cc1ccc(-c2nn(C3CCCC3)cc2C(=O)O)s1. The van der Waals surface area contributed by atoms with Crippen LogP contribution in [0.25, 0.3) is 10.6 Å². The second kappa shape index (κ2) is 4.81. The van der Waals surface area contributed by atoms with Gasteiger partial charge in [0.05, 0.1) is 10.9 Å². The fraction of sp³-hybridized carbons (Fsp3) is 0.429. The Morgan fingerprint density at radius 1 is 1.42 bits per heavy atom. The zero-order valence-electron chi connectivity index (χ0n) is 10.8. The van der Waals surface area contributed by atoms with Gasteiger partial charge in [0.1, 0.15) is 11.3 Å². The second-order valence-electron chi connectivity index (χ2n) is 5.03. The first-order chi connectivity index (χ1) is 9.15. The molecule has 0 amide bonds. The van der Waals surface area contributed by atoms with E-state index >= 15 is 0 Å². The zero-order chi connectivity index (χ0) is 13.4. The zero-order valence-corrected chi connectivity index (χ0v) is 11.6. The maximum atomic E-state index is 11.4. The van der Waals surface area contributed by atoms with Gasteiger partial charge in [0, 0.05) is 11.1 Å². The number of aromatic carboxylic acids is 1. The summed E-state index contributed by atoms with van der Waals surface area (Å²) in [5.74, 6) is -0.898. The quantitative estimate of drug-likeness (QED) is 0.929. The molecule has 3 rings (SSSR count). The van der Waals surface area contributed by atoms with E-state index in [1.54, 1.807) is 17.5 Å². The van der Waals surface area contributed by atoms with Gasteiger partial charge in [0.2, 0.25) is 0 Å². The van der Waals surface area contributed by atoms with Crippen LogP contribution in [0.2, 0.25) is 0 Å². The standard InChI is InChI=1S/C14H16N2O2S/c1-9-6-7-12(19-9)13-11(14(17)18)8-16(15-13)10-4-2-3-5-10/h6-8,10H,2-5H2,1H3,(H,17,18). The number of carboxylic acid groups (broad SMARTS) is 1. The average molecular weight is 276 g/mol. The van der Waals surface area contributed by atoms with Crippen LogP contribution in [-0.2, 0) is 0 Å². The summed E-state index contributed by atoms with van der Waals surface area (Å²) < 4.78 is 1.86. The lowest BCUT2D eigenvalue weighted by atomic mass is 10.2. The molecule has 0 aliphatic heterocycles. The molecule has 0 atom stereocenters. The van der Waals surface area contributed by atoms with Crippen LogP contribution in [0.15, 0.2) is 18.3 Å². The molecular formula is C14H16N2O2S. The van der Waals surface area contributed by atoms with Gasteiger partial charge in [0.25, 0.3) is 0 Å². The molecule has 0 bridgehead atoms. The first-order valence-corrected chi connectivity index (χ1v) is 7.36. The van der Waals surface area contributed by atoms with E-state index in [9.17, 15) is 9.90 Å². The van der Waals surface area contributed by atoms with Crippen LogP contribution in [0.3, 0.4) is 0 Å². The Bertz CT molecular complexity index is 609. The van der Waals surface area contributed by atoms with Crippen LogP contribution in [0.5, 0.6) is 0 Å². The first-order valence-electron chi connectivity index (χ1n) is 6.54. The van der Waals surface area contributed by atoms with Crippen molar-refractivity contribution in [2.45, 2.75) is 38.6 Å². The summed E-state index contributed by atoms with van der Waals surface area (Å²) in [4.78, 5) is 13.5. The molecule has 0 spiro atoms. The van der Waals surface area contributed by atoms with Crippen molar-refractivity contribution in [3.8, 4) is 10.6 Å². The molecule has 1 fully saturated rings. The fourth-order valence-electron chi connectivity index (χ4n) is 2.65. The lowest BCUT2D eigenvalue weighted by molar-refractivity contribution is 0.0697. The molecule has 1 saturated carbocycles. The molecule has 0 unspecified atom stereocenters. The van der Waals surface area contributed by atoms with Crippen LogP contribution in [0.1, 0.15) is 47.0 Å². The summed E-state index contributed by atoms with van der Waals surface area (Å²) >= 11 is 1.59. The summed E-state index contributed by atoms with van der Waals surface area (Å²) in [5.41, 5.74) is 0.922. The number of aromatic nitrogens is 2. The molecule has 100 valence electrons. The minimum atomic E-state index is -0.898. The van der Waals surface area contributed by atoms with Gasteiger partial charge in [-0.05, 0) is 31.9 Å². The molecule has 0 saturated heterocycles. The van der Waals surface area contributed by atoms with Crippen molar-refractivity contribution in [1.29, 1.82) is 0 Å². The number of carboxylic acids is 1. The van der Waals surface area contributed by atoms with E-state index in [-0.39, 0.29) is 0 Å². The summed E-state index contributed by atoms with van der Waals surface area (Å²) in [6.45, 7) is 2.02. The molecule has 1 aliphatic carbocycles. The molecule has 1 aliphatic rings. The van der Waals surface area contributed by atoms with E-state index in [1.807, 2.05) is 23.7 Å². The fourth-order valence-corrected chi connectivity index (χ4v) is 3.51. The lowest BCUT2D eigenvalue weighted by Crippen LogP contribution is -2.05. The maximum absolute atomic E-state index is 11.4. The topological polar surface area (TPSA) is 55.1 Å². The lowest BCUT2D eigenvalue weighted by Gasteiger charge is -2.08. The Morgan fingerprint density at radius 2 is 2.16 bits per heavy atom. The van der Waals surface area contributed by atoms with Crippen molar-refractivity contribution in [3.05, 3.63) is 28.8 Å². The maximum Gasteiger partial charge on any atom is 0.339 e. The molecule has 4 nitrogen and oxygen atoms in total. The van der Waals surface area contributed by atoms with Gasteiger partial charge in [-0.1, -0.05) is 12.8 Å². The van der Waals surface area contributed by atoms with E-state index in [2.05, 4.69) is 5.10 Å².